The lowest BCUT2D eigenvalue weighted by atomic mass is 9.80. The number of hydrogen-bond donors (Lipinski definition) is 2. The van der Waals surface area contributed by atoms with Crippen LogP contribution in [-0.4, -0.2) is 41.5 Å². The average molecular weight is 273 g/mol. The smallest absolute Gasteiger partial charge is 0.408 e. The Balaban J connectivity index is 2.76. The van der Waals surface area contributed by atoms with Gasteiger partial charge in [-0.3, -0.25) is 0 Å². The molecule has 0 aromatic heterocycles. The van der Waals surface area contributed by atoms with Crippen LogP contribution in [0.3, 0.4) is 0 Å². The minimum Gasteiger partial charge on any atom is -0.480 e. The van der Waals surface area contributed by atoms with E-state index in [1.807, 2.05) is 0 Å². The monoisotopic (exact) mass is 273 g/mol. The van der Waals surface area contributed by atoms with Crippen molar-refractivity contribution in [1.82, 2.24) is 5.32 Å². The summed E-state index contributed by atoms with van der Waals surface area (Å²) in [6.07, 6.45) is 0.515. The Kier molecular flexibility index (Phi) is 4.79. The predicted molar refractivity (Wildman–Crippen MR) is 69.0 cm³/mol. The summed E-state index contributed by atoms with van der Waals surface area (Å²) in [5, 5.41) is 11.9. The molecule has 1 atom stereocenters. The van der Waals surface area contributed by atoms with Gasteiger partial charge in [0.1, 0.15) is 11.1 Å². The molecule has 0 saturated carbocycles. The van der Waals surface area contributed by atoms with E-state index in [9.17, 15) is 14.7 Å². The Labute approximate surface area is 113 Å². The molecule has 0 aliphatic carbocycles. The van der Waals surface area contributed by atoms with Crippen molar-refractivity contribution < 1.29 is 24.2 Å². The molecule has 6 heteroatoms. The minimum atomic E-state index is -1.33. The number of alkyl carbamates (subject to hydrolysis) is 1. The van der Waals surface area contributed by atoms with Gasteiger partial charge in [0.15, 0.2) is 0 Å². The Morgan fingerprint density at radius 2 is 1.74 bits per heavy atom. The van der Waals surface area contributed by atoms with Crippen molar-refractivity contribution in [2.24, 2.45) is 5.92 Å². The fraction of sp³-hybridized carbons (Fsp3) is 0.846. The third-order valence-corrected chi connectivity index (χ3v) is 3.24. The van der Waals surface area contributed by atoms with Gasteiger partial charge in [0, 0.05) is 13.2 Å². The van der Waals surface area contributed by atoms with E-state index >= 15 is 0 Å². The van der Waals surface area contributed by atoms with Crippen LogP contribution >= 0.6 is 0 Å². The van der Waals surface area contributed by atoms with Crippen LogP contribution in [0.5, 0.6) is 0 Å². The van der Waals surface area contributed by atoms with Crippen LogP contribution in [0.4, 0.5) is 4.79 Å². The SMILES string of the molecule is CC(C)(C)OC(=O)NC(C)(C(=O)O)C1CCOCC1. The fourth-order valence-corrected chi connectivity index (χ4v) is 2.12. The van der Waals surface area contributed by atoms with Crippen LogP contribution < -0.4 is 5.32 Å². The molecule has 1 saturated heterocycles. The summed E-state index contributed by atoms with van der Waals surface area (Å²) in [4.78, 5) is 23.3. The standard InChI is InChI=1S/C13H23NO5/c1-12(2,3)19-11(17)14-13(4,10(15)16)9-5-7-18-8-6-9/h9H,5-8H2,1-4H3,(H,14,17)(H,15,16). The molecule has 2 N–H and O–H groups in total. The van der Waals surface area contributed by atoms with Gasteiger partial charge < -0.3 is 19.9 Å². The van der Waals surface area contributed by atoms with E-state index in [1.54, 1.807) is 20.8 Å². The predicted octanol–water partition coefficient (Wildman–Crippen LogP) is 1.78. The number of carboxylic acid groups (broad SMARTS) is 1. The van der Waals surface area contributed by atoms with Crippen LogP contribution in [0.1, 0.15) is 40.5 Å². The normalized spacial score (nSPS) is 20.4. The maximum absolute atomic E-state index is 11.8. The first kappa shape index (κ1) is 15.8. The molecule has 1 aliphatic heterocycles. The van der Waals surface area contributed by atoms with Crippen molar-refractivity contribution in [2.45, 2.75) is 51.7 Å². The molecule has 0 aromatic carbocycles. The molecule has 1 aliphatic rings. The van der Waals surface area contributed by atoms with E-state index in [-0.39, 0.29) is 5.92 Å². The largest absolute Gasteiger partial charge is 0.480 e. The second kappa shape index (κ2) is 5.77. The maximum Gasteiger partial charge on any atom is 0.408 e. The maximum atomic E-state index is 11.8. The Morgan fingerprint density at radius 1 is 1.21 bits per heavy atom. The number of amides is 1. The third kappa shape index (κ3) is 4.38. The molecule has 1 fully saturated rings. The van der Waals surface area contributed by atoms with Gasteiger partial charge in [0.25, 0.3) is 0 Å². The number of aliphatic carboxylic acids is 1. The van der Waals surface area contributed by atoms with Crippen molar-refractivity contribution in [1.29, 1.82) is 0 Å². The van der Waals surface area contributed by atoms with Crippen molar-refractivity contribution in [2.75, 3.05) is 13.2 Å². The number of ether oxygens (including phenoxy) is 2. The van der Waals surface area contributed by atoms with Gasteiger partial charge in [-0.15, -0.1) is 0 Å². The number of nitrogens with one attached hydrogen (secondary N) is 1. The molecular weight excluding hydrogens is 250 g/mol. The first-order chi connectivity index (χ1) is 8.65. The second-order valence-corrected chi connectivity index (χ2v) is 6.02. The van der Waals surface area contributed by atoms with E-state index in [0.29, 0.717) is 26.1 Å². The number of carboxylic acids is 1. The molecule has 6 nitrogen and oxygen atoms in total. The summed E-state index contributed by atoms with van der Waals surface area (Å²) in [5.41, 5.74) is -1.98. The van der Waals surface area contributed by atoms with Gasteiger partial charge in [-0.2, -0.15) is 0 Å². The van der Waals surface area contributed by atoms with Crippen LogP contribution in [0.25, 0.3) is 0 Å². The van der Waals surface area contributed by atoms with Gasteiger partial charge in [0.05, 0.1) is 0 Å². The average Bonchev–Trinajstić information content (AvgIpc) is 2.27. The van der Waals surface area contributed by atoms with Crippen molar-refractivity contribution >= 4 is 12.1 Å². The number of rotatable bonds is 3. The number of carbonyl (C=O) groups is 2. The molecule has 1 amide bonds. The molecule has 110 valence electrons. The zero-order valence-corrected chi connectivity index (χ0v) is 12.0. The molecule has 0 aromatic rings. The third-order valence-electron chi connectivity index (χ3n) is 3.24. The second-order valence-electron chi connectivity index (χ2n) is 6.02. The van der Waals surface area contributed by atoms with E-state index in [1.165, 1.54) is 6.92 Å². The van der Waals surface area contributed by atoms with E-state index in [2.05, 4.69) is 5.32 Å². The van der Waals surface area contributed by atoms with E-state index in [4.69, 9.17) is 9.47 Å². The Bertz CT molecular complexity index is 343. The highest BCUT2D eigenvalue weighted by Crippen LogP contribution is 2.28. The topological polar surface area (TPSA) is 84.9 Å². The molecular formula is C13H23NO5. The van der Waals surface area contributed by atoms with Gasteiger partial charge in [0.2, 0.25) is 0 Å². The molecule has 1 rings (SSSR count). The summed E-state index contributed by atoms with van der Waals surface area (Å²) in [5.74, 6) is -1.21. The quantitative estimate of drug-likeness (QED) is 0.818. The zero-order chi connectivity index (χ0) is 14.7. The van der Waals surface area contributed by atoms with Crippen LogP contribution in [0.2, 0.25) is 0 Å². The van der Waals surface area contributed by atoms with Gasteiger partial charge in [-0.1, -0.05) is 0 Å². The summed E-state index contributed by atoms with van der Waals surface area (Å²) < 4.78 is 10.4. The summed E-state index contributed by atoms with van der Waals surface area (Å²) in [6, 6.07) is 0. The lowest BCUT2D eigenvalue weighted by molar-refractivity contribution is -0.148. The molecule has 1 heterocycles. The lowest BCUT2D eigenvalue weighted by Crippen LogP contribution is -2.59. The van der Waals surface area contributed by atoms with E-state index in [0.717, 1.165) is 0 Å². The number of hydrogen-bond acceptors (Lipinski definition) is 4. The van der Waals surface area contributed by atoms with Crippen molar-refractivity contribution in [3.63, 3.8) is 0 Å². The highest BCUT2D eigenvalue weighted by molar-refractivity contribution is 5.84. The van der Waals surface area contributed by atoms with Crippen molar-refractivity contribution in [3.05, 3.63) is 0 Å². The van der Waals surface area contributed by atoms with Gasteiger partial charge >= 0.3 is 12.1 Å². The molecule has 0 bridgehead atoms. The highest BCUT2D eigenvalue weighted by atomic mass is 16.6. The van der Waals surface area contributed by atoms with E-state index < -0.39 is 23.2 Å². The van der Waals surface area contributed by atoms with Crippen LogP contribution in [0.15, 0.2) is 0 Å². The molecule has 0 radical (unpaired) electrons. The minimum absolute atomic E-state index is 0.161. The summed E-state index contributed by atoms with van der Waals surface area (Å²) in [7, 11) is 0. The first-order valence-corrected chi connectivity index (χ1v) is 6.47. The zero-order valence-electron chi connectivity index (χ0n) is 12.0. The summed E-state index contributed by atoms with van der Waals surface area (Å²) >= 11 is 0. The molecule has 0 spiro atoms. The lowest BCUT2D eigenvalue weighted by Gasteiger charge is -2.37. The summed E-state index contributed by atoms with van der Waals surface area (Å²) in [6.45, 7) is 7.76. The van der Waals surface area contributed by atoms with Crippen molar-refractivity contribution in [3.8, 4) is 0 Å². The fourth-order valence-electron chi connectivity index (χ4n) is 2.12. The first-order valence-electron chi connectivity index (χ1n) is 6.47. The molecule has 1 unspecified atom stereocenters. The number of carbonyl (C=O) groups excluding carboxylic acids is 1. The van der Waals surface area contributed by atoms with Crippen LogP contribution in [0, 0.1) is 5.92 Å². The van der Waals surface area contributed by atoms with Gasteiger partial charge in [-0.05, 0) is 46.5 Å². The Morgan fingerprint density at radius 3 is 2.16 bits per heavy atom. The van der Waals surface area contributed by atoms with Gasteiger partial charge in [-0.25, -0.2) is 9.59 Å². The highest BCUT2D eigenvalue weighted by Gasteiger charge is 2.44. The molecule has 19 heavy (non-hydrogen) atoms. The Hall–Kier alpha value is -1.30. The van der Waals surface area contributed by atoms with Crippen LogP contribution in [-0.2, 0) is 14.3 Å².